The van der Waals surface area contributed by atoms with E-state index in [0.29, 0.717) is 5.95 Å². The van der Waals surface area contributed by atoms with Crippen LogP contribution in [0.5, 0.6) is 5.75 Å². The van der Waals surface area contributed by atoms with Gasteiger partial charge in [0.2, 0.25) is 5.95 Å². The van der Waals surface area contributed by atoms with Gasteiger partial charge in [-0.1, -0.05) is 0 Å². The quantitative estimate of drug-likeness (QED) is 0.688. The third-order valence-corrected chi connectivity index (χ3v) is 6.66. The van der Waals surface area contributed by atoms with Crippen LogP contribution in [0.1, 0.15) is 36.2 Å². The van der Waals surface area contributed by atoms with Crippen LogP contribution in [0.15, 0.2) is 23.0 Å². The van der Waals surface area contributed by atoms with Crippen molar-refractivity contribution in [2.24, 2.45) is 0 Å². The average molecular weight is 409 g/mol. The van der Waals surface area contributed by atoms with Gasteiger partial charge in [-0.2, -0.15) is 5.10 Å². The third-order valence-electron chi connectivity index (χ3n) is 6.66. The molecule has 2 aliphatic rings. The second kappa shape index (κ2) is 7.12. The van der Waals surface area contributed by atoms with E-state index >= 15 is 0 Å². The molecule has 1 unspecified atom stereocenters. The summed E-state index contributed by atoms with van der Waals surface area (Å²) in [5, 5.41) is 8.78. The molecule has 2 aromatic heterocycles. The highest BCUT2D eigenvalue weighted by molar-refractivity contribution is 5.82. The number of aromatic amines is 2. The van der Waals surface area contributed by atoms with Crippen LogP contribution >= 0.6 is 0 Å². The zero-order valence-corrected chi connectivity index (χ0v) is 17.8. The Morgan fingerprint density at radius 1 is 1.30 bits per heavy atom. The van der Waals surface area contributed by atoms with Crippen molar-refractivity contribution < 1.29 is 4.74 Å². The number of benzene rings is 1. The van der Waals surface area contributed by atoms with E-state index < -0.39 is 0 Å². The standard InChI is InChI=1S/C22H28N6O2/c1-27(2)21-23-19-15(20(29)24-21)7-9-22(19)8-4-10-28(13-22)12-18-16-11-14(30-3)5-6-17(16)25-26-18/h5-6,11H,4,7-10,12-13H2,1-3H3,(H,25,26)(H,23,24,29). The molecule has 0 amide bonds. The van der Waals surface area contributed by atoms with Crippen molar-refractivity contribution in [3.05, 3.63) is 45.5 Å². The molecule has 1 fully saturated rings. The molecule has 158 valence electrons. The Morgan fingerprint density at radius 2 is 2.17 bits per heavy atom. The van der Waals surface area contributed by atoms with E-state index in [-0.39, 0.29) is 11.0 Å². The molecule has 1 aliphatic heterocycles. The first-order chi connectivity index (χ1) is 14.5. The van der Waals surface area contributed by atoms with Gasteiger partial charge in [0.05, 0.1) is 24.0 Å². The lowest BCUT2D eigenvalue weighted by molar-refractivity contribution is 0.136. The lowest BCUT2D eigenvalue weighted by Gasteiger charge is -2.40. The number of nitrogens with zero attached hydrogens (tertiary/aromatic N) is 4. The number of likely N-dealkylation sites (tertiary alicyclic amines) is 1. The van der Waals surface area contributed by atoms with Gasteiger partial charge in [0, 0.05) is 43.5 Å². The van der Waals surface area contributed by atoms with Crippen LogP contribution in [0, 0.1) is 0 Å². The molecule has 0 radical (unpaired) electrons. The normalized spacial score (nSPS) is 21.3. The van der Waals surface area contributed by atoms with Gasteiger partial charge >= 0.3 is 0 Å². The Morgan fingerprint density at radius 3 is 2.97 bits per heavy atom. The molecule has 8 heteroatoms. The fourth-order valence-electron chi connectivity index (χ4n) is 5.12. The molecular formula is C22H28N6O2. The Balaban J connectivity index is 1.45. The van der Waals surface area contributed by atoms with Crippen molar-refractivity contribution in [2.75, 3.05) is 39.2 Å². The van der Waals surface area contributed by atoms with Crippen molar-refractivity contribution in [3.8, 4) is 5.75 Å². The SMILES string of the molecule is COc1ccc2n[nH]c(CN3CCCC4(CCc5c4nc(N(C)C)[nH]c5=O)C3)c2c1. The van der Waals surface area contributed by atoms with E-state index in [1.54, 1.807) is 7.11 Å². The molecule has 0 bridgehead atoms. The summed E-state index contributed by atoms with van der Waals surface area (Å²) < 4.78 is 5.39. The number of H-pyrrole nitrogens is 2. The molecule has 1 aliphatic carbocycles. The number of hydrogen-bond donors (Lipinski definition) is 2. The van der Waals surface area contributed by atoms with E-state index in [1.807, 2.05) is 37.2 Å². The molecule has 1 saturated heterocycles. The smallest absolute Gasteiger partial charge is 0.255 e. The maximum atomic E-state index is 12.6. The number of hydrogen-bond acceptors (Lipinski definition) is 6. The Labute approximate surface area is 175 Å². The van der Waals surface area contributed by atoms with E-state index in [9.17, 15) is 4.79 Å². The van der Waals surface area contributed by atoms with E-state index in [0.717, 1.165) is 78.9 Å². The predicted octanol–water partition coefficient (Wildman–Crippen LogP) is 2.20. The maximum Gasteiger partial charge on any atom is 0.255 e. The van der Waals surface area contributed by atoms with Gasteiger partial charge in [0.15, 0.2) is 0 Å². The average Bonchev–Trinajstić information content (AvgIpc) is 3.30. The van der Waals surface area contributed by atoms with Crippen LogP contribution in [0.3, 0.4) is 0 Å². The van der Waals surface area contributed by atoms with Gasteiger partial charge in [0.1, 0.15) is 5.75 Å². The van der Waals surface area contributed by atoms with Crippen molar-refractivity contribution >= 4 is 16.9 Å². The van der Waals surface area contributed by atoms with Crippen LogP contribution in [-0.4, -0.2) is 59.4 Å². The van der Waals surface area contributed by atoms with Crippen LogP contribution in [0.2, 0.25) is 0 Å². The van der Waals surface area contributed by atoms with E-state index in [1.165, 1.54) is 0 Å². The zero-order chi connectivity index (χ0) is 20.9. The summed E-state index contributed by atoms with van der Waals surface area (Å²) in [5.74, 6) is 1.48. The molecule has 1 aromatic carbocycles. The van der Waals surface area contributed by atoms with Crippen molar-refractivity contribution in [1.82, 2.24) is 25.1 Å². The van der Waals surface area contributed by atoms with Crippen LogP contribution in [-0.2, 0) is 18.4 Å². The van der Waals surface area contributed by atoms with Gasteiger partial charge < -0.3 is 9.64 Å². The molecule has 5 rings (SSSR count). The fourth-order valence-corrected chi connectivity index (χ4v) is 5.12. The molecular weight excluding hydrogens is 380 g/mol. The summed E-state index contributed by atoms with van der Waals surface area (Å²) in [4.78, 5) is 24.8. The molecule has 2 N–H and O–H groups in total. The number of aromatic nitrogens is 4. The number of rotatable bonds is 4. The molecule has 3 heterocycles. The Kier molecular flexibility index (Phi) is 4.54. The Bertz CT molecular complexity index is 1150. The topological polar surface area (TPSA) is 90.1 Å². The van der Waals surface area contributed by atoms with Crippen molar-refractivity contribution in [1.29, 1.82) is 0 Å². The summed E-state index contributed by atoms with van der Waals surface area (Å²) in [5.41, 5.74) is 3.92. The monoisotopic (exact) mass is 408 g/mol. The first-order valence-electron chi connectivity index (χ1n) is 10.5. The van der Waals surface area contributed by atoms with Crippen molar-refractivity contribution in [2.45, 2.75) is 37.6 Å². The molecule has 1 spiro atoms. The fraction of sp³-hybridized carbons (Fsp3) is 0.500. The number of methoxy groups -OCH3 is 1. The van der Waals surface area contributed by atoms with Gasteiger partial charge in [0.25, 0.3) is 5.56 Å². The highest BCUT2D eigenvalue weighted by Crippen LogP contribution is 2.43. The second-order valence-electron chi connectivity index (χ2n) is 8.79. The largest absolute Gasteiger partial charge is 0.497 e. The van der Waals surface area contributed by atoms with Gasteiger partial charge in [-0.3, -0.25) is 19.8 Å². The van der Waals surface area contributed by atoms with Crippen LogP contribution < -0.4 is 15.2 Å². The summed E-state index contributed by atoms with van der Waals surface area (Å²) in [7, 11) is 5.51. The minimum atomic E-state index is -0.0415. The molecule has 30 heavy (non-hydrogen) atoms. The lowest BCUT2D eigenvalue weighted by atomic mass is 9.77. The highest BCUT2D eigenvalue weighted by atomic mass is 16.5. The van der Waals surface area contributed by atoms with Crippen LogP contribution in [0.4, 0.5) is 5.95 Å². The second-order valence-corrected chi connectivity index (χ2v) is 8.79. The van der Waals surface area contributed by atoms with Gasteiger partial charge in [-0.05, 0) is 50.4 Å². The Hall–Kier alpha value is -2.87. The predicted molar refractivity (Wildman–Crippen MR) is 116 cm³/mol. The number of fused-ring (bicyclic) bond motifs is 3. The summed E-state index contributed by atoms with van der Waals surface area (Å²) in [6.45, 7) is 2.74. The zero-order valence-electron chi connectivity index (χ0n) is 17.8. The van der Waals surface area contributed by atoms with Gasteiger partial charge in [-0.15, -0.1) is 0 Å². The highest BCUT2D eigenvalue weighted by Gasteiger charge is 2.44. The lowest BCUT2D eigenvalue weighted by Crippen LogP contribution is -2.45. The molecule has 8 nitrogen and oxygen atoms in total. The number of ether oxygens (including phenoxy) is 1. The summed E-state index contributed by atoms with van der Waals surface area (Å²) in [6.07, 6.45) is 3.98. The van der Waals surface area contributed by atoms with E-state index in [2.05, 4.69) is 20.1 Å². The molecule has 0 saturated carbocycles. The minimum absolute atomic E-state index is 0.0179. The van der Waals surface area contributed by atoms with Gasteiger partial charge in [-0.25, -0.2) is 4.98 Å². The number of nitrogens with one attached hydrogen (secondary N) is 2. The third kappa shape index (κ3) is 3.06. The first kappa shape index (κ1) is 19.1. The van der Waals surface area contributed by atoms with Crippen LogP contribution in [0.25, 0.3) is 10.9 Å². The summed E-state index contributed by atoms with van der Waals surface area (Å²) in [6, 6.07) is 5.96. The molecule has 1 atom stereocenters. The van der Waals surface area contributed by atoms with E-state index in [4.69, 9.17) is 9.72 Å². The number of anilines is 1. The minimum Gasteiger partial charge on any atom is -0.497 e. The molecule has 3 aromatic rings. The van der Waals surface area contributed by atoms with Crippen molar-refractivity contribution in [3.63, 3.8) is 0 Å². The number of piperidine rings is 1. The first-order valence-corrected chi connectivity index (χ1v) is 10.5. The maximum absolute atomic E-state index is 12.6. The summed E-state index contributed by atoms with van der Waals surface area (Å²) >= 11 is 0.